The van der Waals surface area contributed by atoms with E-state index in [1.54, 1.807) is 12.1 Å². The van der Waals surface area contributed by atoms with Gasteiger partial charge in [0.05, 0.1) is 12.0 Å². The van der Waals surface area contributed by atoms with Crippen LogP contribution in [0.15, 0.2) is 61.0 Å². The van der Waals surface area contributed by atoms with Crippen LogP contribution in [0.3, 0.4) is 0 Å². The fourth-order valence-electron chi connectivity index (χ4n) is 3.56. The highest BCUT2D eigenvalue weighted by Gasteiger charge is 2.27. The number of nitrogens with one attached hydrogen (secondary N) is 1. The van der Waals surface area contributed by atoms with Gasteiger partial charge in [0, 0.05) is 41.7 Å². The first kappa shape index (κ1) is 23.4. The van der Waals surface area contributed by atoms with E-state index >= 15 is 0 Å². The van der Waals surface area contributed by atoms with Crippen molar-refractivity contribution in [1.82, 2.24) is 9.21 Å². The smallest absolute Gasteiger partial charge is 0.349 e. The van der Waals surface area contributed by atoms with E-state index in [1.807, 2.05) is 7.05 Å². The van der Waals surface area contributed by atoms with Crippen LogP contribution in [0, 0.1) is 0 Å². The van der Waals surface area contributed by atoms with E-state index in [2.05, 4.69) is 26.1 Å². The Labute approximate surface area is 199 Å². The van der Waals surface area contributed by atoms with Crippen LogP contribution in [-0.4, -0.2) is 63.9 Å². The van der Waals surface area contributed by atoms with Crippen LogP contribution in [-0.2, 0) is 10.0 Å². The van der Waals surface area contributed by atoms with E-state index in [0.717, 1.165) is 0 Å². The summed E-state index contributed by atoms with van der Waals surface area (Å²) in [6.07, 6.45) is 0. The monoisotopic (exact) mass is 535 g/mol. The van der Waals surface area contributed by atoms with E-state index in [4.69, 9.17) is 9.15 Å². The predicted molar refractivity (Wildman–Crippen MR) is 127 cm³/mol. The van der Waals surface area contributed by atoms with Gasteiger partial charge in [0.15, 0.2) is 11.3 Å². The second-order valence-electron chi connectivity index (χ2n) is 7.66. The molecule has 9 nitrogen and oxygen atoms in total. The number of sulfonamides is 1. The van der Waals surface area contributed by atoms with Gasteiger partial charge in [0.25, 0.3) is 5.91 Å². The first-order valence-corrected chi connectivity index (χ1v) is 12.3. The fourth-order valence-corrected chi connectivity index (χ4v) is 5.44. The Balaban J connectivity index is 1.55. The molecular formula is C22H22BrN3O6S. The van der Waals surface area contributed by atoms with E-state index in [0.29, 0.717) is 47.5 Å². The number of hydrogen-bond acceptors (Lipinski definition) is 7. The largest absolute Gasteiger partial charge is 0.493 e. The number of anilines is 1. The molecule has 0 spiro atoms. The molecule has 0 radical (unpaired) electrons. The van der Waals surface area contributed by atoms with Crippen molar-refractivity contribution < 1.29 is 22.4 Å². The molecule has 0 atom stereocenters. The minimum absolute atomic E-state index is 0.146. The summed E-state index contributed by atoms with van der Waals surface area (Å²) in [6, 6.07) is 10.6. The van der Waals surface area contributed by atoms with Crippen LogP contribution in [0.4, 0.5) is 5.69 Å². The summed E-state index contributed by atoms with van der Waals surface area (Å²) in [7, 11) is -0.207. The SMILES string of the molecule is COc1cc(Br)cc2cc(C(=O)Nc3ccc(S(=O)(=O)N4CCN(C)CC4)cc3)c(=O)oc12. The minimum atomic E-state index is -3.61. The topological polar surface area (TPSA) is 109 Å². The number of ether oxygens (including phenoxy) is 1. The molecule has 2 aromatic carbocycles. The molecule has 0 saturated carbocycles. The summed E-state index contributed by atoms with van der Waals surface area (Å²) in [4.78, 5) is 27.4. The van der Waals surface area contributed by atoms with Crippen LogP contribution < -0.4 is 15.7 Å². The number of piperazine rings is 1. The molecule has 1 saturated heterocycles. The van der Waals surface area contributed by atoms with Crippen LogP contribution in [0.1, 0.15) is 10.4 Å². The lowest BCUT2D eigenvalue weighted by molar-refractivity contribution is 0.102. The molecule has 174 valence electrons. The maximum absolute atomic E-state index is 12.9. The van der Waals surface area contributed by atoms with Crippen molar-refractivity contribution in [3.8, 4) is 5.75 Å². The van der Waals surface area contributed by atoms with Gasteiger partial charge in [-0.05, 0) is 49.5 Å². The van der Waals surface area contributed by atoms with Gasteiger partial charge in [-0.2, -0.15) is 4.31 Å². The molecule has 1 fully saturated rings. The molecule has 0 bridgehead atoms. The molecule has 0 unspecified atom stereocenters. The Kier molecular flexibility index (Phi) is 6.57. The third-order valence-electron chi connectivity index (χ3n) is 5.44. The summed E-state index contributed by atoms with van der Waals surface area (Å²) < 4.78 is 38.4. The Morgan fingerprint density at radius 1 is 1.09 bits per heavy atom. The lowest BCUT2D eigenvalue weighted by Crippen LogP contribution is -2.46. The Morgan fingerprint density at radius 3 is 2.39 bits per heavy atom. The predicted octanol–water partition coefficient (Wildman–Crippen LogP) is 2.75. The zero-order valence-corrected chi connectivity index (χ0v) is 20.4. The number of carbonyl (C=O) groups is 1. The molecule has 1 aliphatic rings. The first-order valence-electron chi connectivity index (χ1n) is 10.1. The summed E-state index contributed by atoms with van der Waals surface area (Å²) in [5.74, 6) is -0.306. The van der Waals surface area contributed by atoms with E-state index in [1.165, 1.54) is 41.7 Å². The molecule has 1 N–H and O–H groups in total. The molecule has 4 rings (SSSR count). The lowest BCUT2D eigenvalue weighted by Gasteiger charge is -2.31. The van der Waals surface area contributed by atoms with Crippen molar-refractivity contribution in [2.75, 3.05) is 45.7 Å². The Bertz CT molecular complexity index is 1360. The van der Waals surface area contributed by atoms with Crippen LogP contribution >= 0.6 is 15.9 Å². The van der Waals surface area contributed by atoms with Crippen LogP contribution in [0.2, 0.25) is 0 Å². The van der Waals surface area contributed by atoms with Gasteiger partial charge in [-0.15, -0.1) is 0 Å². The van der Waals surface area contributed by atoms with Crippen molar-refractivity contribution in [2.24, 2.45) is 0 Å². The average molecular weight is 536 g/mol. The summed E-state index contributed by atoms with van der Waals surface area (Å²) in [6.45, 7) is 2.19. The quantitative estimate of drug-likeness (QED) is 0.500. The Hall–Kier alpha value is -2.73. The molecular weight excluding hydrogens is 514 g/mol. The highest BCUT2D eigenvalue weighted by Crippen LogP contribution is 2.29. The molecule has 33 heavy (non-hydrogen) atoms. The first-order chi connectivity index (χ1) is 15.7. The number of methoxy groups -OCH3 is 1. The van der Waals surface area contributed by atoms with Gasteiger partial charge in [-0.1, -0.05) is 15.9 Å². The number of benzene rings is 2. The van der Waals surface area contributed by atoms with E-state index in [9.17, 15) is 18.0 Å². The zero-order chi connectivity index (χ0) is 23.8. The van der Waals surface area contributed by atoms with Crippen LogP contribution in [0.25, 0.3) is 11.0 Å². The third-order valence-corrected chi connectivity index (χ3v) is 7.81. The minimum Gasteiger partial charge on any atom is -0.493 e. The number of nitrogens with zero attached hydrogens (tertiary/aromatic N) is 2. The van der Waals surface area contributed by atoms with Gasteiger partial charge < -0.3 is 19.4 Å². The number of carbonyl (C=O) groups excluding carboxylic acids is 1. The molecule has 0 aliphatic carbocycles. The summed E-state index contributed by atoms with van der Waals surface area (Å²) in [5, 5.41) is 3.13. The van der Waals surface area contributed by atoms with Gasteiger partial charge in [0.1, 0.15) is 5.56 Å². The molecule has 3 aromatic rings. The zero-order valence-electron chi connectivity index (χ0n) is 18.0. The van der Waals surface area contributed by atoms with Crippen molar-refractivity contribution in [3.05, 3.63) is 62.9 Å². The Morgan fingerprint density at radius 2 is 1.76 bits per heavy atom. The van der Waals surface area contributed by atoms with Gasteiger partial charge >= 0.3 is 5.63 Å². The van der Waals surface area contributed by atoms with Gasteiger partial charge in [-0.3, -0.25) is 4.79 Å². The molecule has 1 aromatic heterocycles. The van der Waals surface area contributed by atoms with Gasteiger partial charge in [-0.25, -0.2) is 13.2 Å². The van der Waals surface area contributed by atoms with Gasteiger partial charge in [0.2, 0.25) is 10.0 Å². The van der Waals surface area contributed by atoms with E-state index in [-0.39, 0.29) is 16.0 Å². The molecule has 11 heteroatoms. The number of amides is 1. The highest BCUT2D eigenvalue weighted by atomic mass is 79.9. The lowest BCUT2D eigenvalue weighted by atomic mass is 10.1. The second kappa shape index (κ2) is 9.26. The second-order valence-corrected chi connectivity index (χ2v) is 10.5. The van der Waals surface area contributed by atoms with E-state index < -0.39 is 21.6 Å². The average Bonchev–Trinajstić information content (AvgIpc) is 2.79. The van der Waals surface area contributed by atoms with Crippen molar-refractivity contribution in [3.63, 3.8) is 0 Å². The molecule has 1 aliphatic heterocycles. The van der Waals surface area contributed by atoms with Crippen LogP contribution in [0.5, 0.6) is 5.75 Å². The maximum Gasteiger partial charge on any atom is 0.349 e. The number of fused-ring (bicyclic) bond motifs is 1. The molecule has 2 heterocycles. The van der Waals surface area contributed by atoms with Crippen molar-refractivity contribution in [2.45, 2.75) is 4.90 Å². The number of halogens is 1. The number of hydrogen-bond donors (Lipinski definition) is 1. The summed E-state index contributed by atoms with van der Waals surface area (Å²) >= 11 is 3.36. The summed E-state index contributed by atoms with van der Waals surface area (Å²) in [5.41, 5.74) is -0.406. The molecule has 1 amide bonds. The standard InChI is InChI=1S/C22H22BrN3O6S/c1-25-7-9-26(10-8-25)33(29,30)17-5-3-16(4-6-17)24-21(27)18-12-14-11-15(23)13-19(31-2)20(14)32-22(18)28/h3-6,11-13H,7-10H2,1-2H3,(H,24,27). The number of rotatable bonds is 5. The highest BCUT2D eigenvalue weighted by molar-refractivity contribution is 9.10. The maximum atomic E-state index is 12.9. The normalized spacial score (nSPS) is 15.5. The van der Waals surface area contributed by atoms with Crippen molar-refractivity contribution in [1.29, 1.82) is 0 Å². The third kappa shape index (κ3) is 4.81. The number of likely N-dealkylation sites (N-methyl/N-ethyl adjacent to an activating group) is 1. The van der Waals surface area contributed by atoms with Crippen molar-refractivity contribution >= 4 is 48.5 Å². The fraction of sp³-hybridized carbons (Fsp3) is 0.273.